The molecular weight excluding hydrogens is 382 g/mol. The van der Waals surface area contributed by atoms with Gasteiger partial charge < -0.3 is 19.9 Å². The van der Waals surface area contributed by atoms with E-state index in [-0.39, 0.29) is 25.4 Å². The van der Waals surface area contributed by atoms with Gasteiger partial charge in [-0.25, -0.2) is 9.59 Å². The quantitative estimate of drug-likeness (QED) is 0.554. The Bertz CT molecular complexity index is 942. The van der Waals surface area contributed by atoms with Gasteiger partial charge in [0.1, 0.15) is 25.0 Å². The van der Waals surface area contributed by atoms with E-state index in [0.29, 0.717) is 0 Å². The molecule has 0 spiro atoms. The normalized spacial score (nSPS) is 11.3. The first-order valence-electron chi connectivity index (χ1n) is 9.56. The molecule has 0 aliphatic heterocycles. The summed E-state index contributed by atoms with van der Waals surface area (Å²) < 4.78 is 10.6. The number of phenols is 1. The third-order valence-corrected chi connectivity index (χ3v) is 4.39. The summed E-state index contributed by atoms with van der Waals surface area (Å²) in [6.45, 7) is 0.199. The van der Waals surface area contributed by atoms with Crippen LogP contribution in [0.3, 0.4) is 0 Å². The molecule has 3 aromatic carbocycles. The number of esters is 1. The fourth-order valence-corrected chi connectivity index (χ4v) is 2.80. The zero-order valence-corrected chi connectivity index (χ0v) is 16.4. The van der Waals surface area contributed by atoms with E-state index in [1.807, 2.05) is 60.7 Å². The van der Waals surface area contributed by atoms with Crippen LogP contribution in [-0.2, 0) is 33.9 Å². The number of amides is 1. The first-order valence-corrected chi connectivity index (χ1v) is 9.56. The minimum Gasteiger partial charge on any atom is -0.508 e. The molecule has 0 heterocycles. The van der Waals surface area contributed by atoms with Gasteiger partial charge in [-0.3, -0.25) is 0 Å². The number of alkyl carbamates (subject to hydrolysis) is 1. The Hall–Kier alpha value is -3.80. The smallest absolute Gasteiger partial charge is 0.408 e. The molecular formula is C24H23NO5. The molecule has 0 radical (unpaired) electrons. The second-order valence-corrected chi connectivity index (χ2v) is 6.72. The summed E-state index contributed by atoms with van der Waals surface area (Å²) in [6, 6.07) is 24.0. The third-order valence-electron chi connectivity index (χ3n) is 4.39. The van der Waals surface area contributed by atoms with E-state index in [4.69, 9.17) is 9.47 Å². The topological polar surface area (TPSA) is 84.9 Å². The summed E-state index contributed by atoms with van der Waals surface area (Å²) in [5, 5.41) is 12.0. The van der Waals surface area contributed by atoms with Gasteiger partial charge in [-0.05, 0) is 28.8 Å². The molecule has 30 heavy (non-hydrogen) atoms. The SMILES string of the molecule is O=C(N[C@H](Cc1ccc(O)cc1)C(=O)OCc1ccccc1)OCc1ccccc1. The van der Waals surface area contributed by atoms with E-state index >= 15 is 0 Å². The number of aromatic hydroxyl groups is 1. The zero-order valence-electron chi connectivity index (χ0n) is 16.4. The lowest BCUT2D eigenvalue weighted by atomic mass is 10.1. The van der Waals surface area contributed by atoms with Gasteiger partial charge in [0.05, 0.1) is 0 Å². The monoisotopic (exact) mass is 405 g/mol. The summed E-state index contributed by atoms with van der Waals surface area (Å²) in [4.78, 5) is 24.9. The molecule has 0 saturated heterocycles. The van der Waals surface area contributed by atoms with Crippen molar-refractivity contribution in [1.29, 1.82) is 0 Å². The molecule has 1 amide bonds. The second kappa shape index (κ2) is 10.7. The van der Waals surface area contributed by atoms with Crippen molar-refractivity contribution in [3.8, 4) is 5.75 Å². The molecule has 3 rings (SSSR count). The van der Waals surface area contributed by atoms with Crippen molar-refractivity contribution in [3.05, 3.63) is 102 Å². The molecule has 0 aliphatic carbocycles. The molecule has 0 aromatic heterocycles. The highest BCUT2D eigenvalue weighted by Crippen LogP contribution is 2.13. The van der Waals surface area contributed by atoms with Crippen LogP contribution in [0.2, 0.25) is 0 Å². The lowest BCUT2D eigenvalue weighted by molar-refractivity contribution is -0.147. The molecule has 2 N–H and O–H groups in total. The van der Waals surface area contributed by atoms with Crippen LogP contribution >= 0.6 is 0 Å². The summed E-state index contributed by atoms with van der Waals surface area (Å²) in [5.74, 6) is -0.444. The van der Waals surface area contributed by atoms with Gasteiger partial charge in [0.25, 0.3) is 0 Å². The average molecular weight is 405 g/mol. The van der Waals surface area contributed by atoms with Crippen LogP contribution in [0.4, 0.5) is 4.79 Å². The highest BCUT2D eigenvalue weighted by atomic mass is 16.6. The molecule has 0 unspecified atom stereocenters. The number of hydrogen-bond acceptors (Lipinski definition) is 5. The standard InChI is InChI=1S/C24H23NO5/c26-21-13-11-18(12-14-21)15-22(23(27)29-16-19-7-3-1-4-8-19)25-24(28)30-17-20-9-5-2-6-10-20/h1-14,22,26H,15-17H2,(H,25,28)/t22-/m1/s1. The van der Waals surface area contributed by atoms with E-state index < -0.39 is 18.1 Å². The number of rotatable bonds is 8. The summed E-state index contributed by atoms with van der Waals surface area (Å²) in [7, 11) is 0. The Morgan fingerprint density at radius 3 is 1.83 bits per heavy atom. The van der Waals surface area contributed by atoms with Gasteiger partial charge >= 0.3 is 12.1 Å². The zero-order chi connectivity index (χ0) is 21.2. The van der Waals surface area contributed by atoms with Gasteiger partial charge in [-0.15, -0.1) is 0 Å². The number of carbonyl (C=O) groups excluding carboxylic acids is 2. The number of nitrogens with one attached hydrogen (secondary N) is 1. The van der Waals surface area contributed by atoms with E-state index in [0.717, 1.165) is 16.7 Å². The number of benzene rings is 3. The number of hydrogen-bond donors (Lipinski definition) is 2. The Balaban J connectivity index is 1.62. The maximum Gasteiger partial charge on any atom is 0.408 e. The lowest BCUT2D eigenvalue weighted by Gasteiger charge is -2.18. The van der Waals surface area contributed by atoms with Crippen molar-refractivity contribution in [2.45, 2.75) is 25.7 Å². The molecule has 0 aliphatic rings. The largest absolute Gasteiger partial charge is 0.508 e. The van der Waals surface area contributed by atoms with Crippen LogP contribution in [0.5, 0.6) is 5.75 Å². The Labute approximate surface area is 175 Å². The number of phenolic OH excluding ortho intramolecular Hbond substituents is 1. The van der Waals surface area contributed by atoms with Gasteiger partial charge in [0.15, 0.2) is 0 Å². The number of carbonyl (C=O) groups is 2. The number of ether oxygens (including phenoxy) is 2. The van der Waals surface area contributed by atoms with Gasteiger partial charge in [0, 0.05) is 6.42 Å². The molecule has 0 saturated carbocycles. The Kier molecular flexibility index (Phi) is 7.44. The fourth-order valence-electron chi connectivity index (χ4n) is 2.80. The van der Waals surface area contributed by atoms with Gasteiger partial charge in [0.2, 0.25) is 0 Å². The summed E-state index contributed by atoms with van der Waals surface area (Å²) in [5.41, 5.74) is 2.45. The van der Waals surface area contributed by atoms with Crippen molar-refractivity contribution in [2.75, 3.05) is 0 Å². The fraction of sp³-hybridized carbons (Fsp3) is 0.167. The summed E-state index contributed by atoms with van der Waals surface area (Å²) >= 11 is 0. The maximum atomic E-state index is 12.7. The molecule has 3 aromatic rings. The average Bonchev–Trinajstić information content (AvgIpc) is 2.78. The second-order valence-electron chi connectivity index (χ2n) is 6.72. The predicted molar refractivity (Wildman–Crippen MR) is 112 cm³/mol. The van der Waals surface area contributed by atoms with Crippen LogP contribution in [-0.4, -0.2) is 23.2 Å². The first-order chi connectivity index (χ1) is 14.6. The van der Waals surface area contributed by atoms with Crippen LogP contribution in [0.1, 0.15) is 16.7 Å². The van der Waals surface area contributed by atoms with Crippen molar-refractivity contribution in [2.24, 2.45) is 0 Å². The molecule has 0 bridgehead atoms. The van der Waals surface area contributed by atoms with E-state index in [1.54, 1.807) is 12.1 Å². The molecule has 6 heteroatoms. The lowest BCUT2D eigenvalue weighted by Crippen LogP contribution is -2.43. The highest BCUT2D eigenvalue weighted by molar-refractivity contribution is 5.81. The van der Waals surface area contributed by atoms with Crippen molar-refractivity contribution in [1.82, 2.24) is 5.32 Å². The molecule has 1 atom stereocenters. The predicted octanol–water partition coefficient (Wildman–Crippen LogP) is 3.97. The van der Waals surface area contributed by atoms with Crippen molar-refractivity contribution >= 4 is 12.1 Å². The van der Waals surface area contributed by atoms with Crippen LogP contribution in [0, 0.1) is 0 Å². The van der Waals surface area contributed by atoms with Crippen molar-refractivity contribution in [3.63, 3.8) is 0 Å². The van der Waals surface area contributed by atoms with Crippen LogP contribution in [0.15, 0.2) is 84.9 Å². The van der Waals surface area contributed by atoms with E-state index in [2.05, 4.69) is 5.32 Å². The first kappa shape index (κ1) is 20.9. The minimum absolute atomic E-state index is 0.0949. The molecule has 154 valence electrons. The third kappa shape index (κ3) is 6.67. The van der Waals surface area contributed by atoms with Crippen LogP contribution < -0.4 is 5.32 Å². The molecule has 0 fully saturated rings. The summed E-state index contributed by atoms with van der Waals surface area (Å²) in [6.07, 6.45) is -0.506. The minimum atomic E-state index is -0.929. The highest BCUT2D eigenvalue weighted by Gasteiger charge is 2.24. The molecule has 6 nitrogen and oxygen atoms in total. The van der Waals surface area contributed by atoms with Gasteiger partial charge in [-0.2, -0.15) is 0 Å². The van der Waals surface area contributed by atoms with Crippen molar-refractivity contribution < 1.29 is 24.2 Å². The van der Waals surface area contributed by atoms with E-state index in [9.17, 15) is 14.7 Å². The Morgan fingerprint density at radius 1 is 0.733 bits per heavy atom. The maximum absolute atomic E-state index is 12.7. The Morgan fingerprint density at radius 2 is 1.27 bits per heavy atom. The van der Waals surface area contributed by atoms with Crippen LogP contribution in [0.25, 0.3) is 0 Å². The van der Waals surface area contributed by atoms with Gasteiger partial charge in [-0.1, -0.05) is 72.8 Å². The van der Waals surface area contributed by atoms with E-state index in [1.165, 1.54) is 12.1 Å².